The molecule has 0 radical (unpaired) electrons. The molecule has 0 saturated carbocycles. The van der Waals surface area contributed by atoms with Crippen molar-refractivity contribution in [2.45, 2.75) is 299 Å². The molecule has 2 rings (SSSR count). The minimum absolute atomic E-state index is 0.0366. The van der Waals surface area contributed by atoms with E-state index in [4.69, 9.17) is 23.7 Å². The molecule has 0 spiro atoms. The van der Waals surface area contributed by atoms with Crippen LogP contribution in [-0.4, -0.2) is 49.9 Å². The van der Waals surface area contributed by atoms with Crippen molar-refractivity contribution in [1.82, 2.24) is 0 Å². The third-order valence-corrected chi connectivity index (χ3v) is 16.3. The molecule has 2 saturated heterocycles. The minimum atomic E-state index is -0.481. The first-order valence-electron chi connectivity index (χ1n) is 28.8. The molecule has 0 aromatic rings. The lowest BCUT2D eigenvalue weighted by atomic mass is 9.78. The van der Waals surface area contributed by atoms with Crippen LogP contribution in [0.4, 0.5) is 0 Å². The molecular formula is C58H110O7. The Labute approximate surface area is 403 Å². The van der Waals surface area contributed by atoms with Crippen LogP contribution in [0.2, 0.25) is 0 Å². The zero-order valence-corrected chi connectivity index (χ0v) is 44.8. The summed E-state index contributed by atoms with van der Waals surface area (Å²) in [6.07, 6.45) is 37.3. The molecule has 2 aliphatic heterocycles. The van der Waals surface area contributed by atoms with Crippen molar-refractivity contribution in [3.63, 3.8) is 0 Å². The van der Waals surface area contributed by atoms with Gasteiger partial charge in [-0.05, 0) is 49.4 Å². The number of hydrogen-bond donors (Lipinski definition) is 0. The maximum Gasteiger partial charge on any atom is 0.309 e. The van der Waals surface area contributed by atoms with E-state index in [0.29, 0.717) is 11.8 Å². The van der Waals surface area contributed by atoms with Gasteiger partial charge in [0.2, 0.25) is 0 Å². The molecule has 7 heteroatoms. The van der Waals surface area contributed by atoms with E-state index in [1.807, 2.05) is 0 Å². The highest BCUT2D eigenvalue weighted by Gasteiger charge is 2.46. The summed E-state index contributed by atoms with van der Waals surface area (Å²) in [5.41, 5.74) is 0. The third kappa shape index (κ3) is 24.8. The molecule has 0 aliphatic carbocycles. The van der Waals surface area contributed by atoms with Crippen LogP contribution in [0.1, 0.15) is 275 Å². The second-order valence-corrected chi connectivity index (χ2v) is 21.7. The minimum Gasteiger partial charge on any atom is -0.463 e. The van der Waals surface area contributed by atoms with Gasteiger partial charge in [-0.25, -0.2) is 0 Å². The highest BCUT2D eigenvalue weighted by Crippen LogP contribution is 2.41. The molecule has 0 N–H and O–H groups in total. The van der Waals surface area contributed by atoms with E-state index in [0.717, 1.165) is 51.4 Å². The Morgan fingerprint density at radius 2 is 0.600 bits per heavy atom. The first-order chi connectivity index (χ1) is 31.5. The SMILES string of the molecule is CCCCCCCCCC(CCCCCCCCC)C(=O)OCC1O[C@H](O[C@H]2OC(COC(=O)C(CCCCCCCCC)CCCCCCCCC)[C@@H](C)[C@H](C)C2C)C(C)[C@@H](C)[C@@H]1C. The van der Waals surface area contributed by atoms with Gasteiger partial charge in [-0.2, -0.15) is 0 Å². The Hall–Kier alpha value is -1.18. The number of rotatable bonds is 40. The lowest BCUT2D eigenvalue weighted by Gasteiger charge is -2.48. The summed E-state index contributed by atoms with van der Waals surface area (Å²) >= 11 is 0. The number of esters is 2. The first-order valence-corrected chi connectivity index (χ1v) is 28.8. The molecule has 2 fully saturated rings. The fraction of sp³-hybridized carbons (Fsp3) is 0.966. The molecule has 384 valence electrons. The van der Waals surface area contributed by atoms with E-state index in [1.165, 1.54) is 154 Å². The van der Waals surface area contributed by atoms with Gasteiger partial charge in [0, 0.05) is 11.8 Å². The van der Waals surface area contributed by atoms with Gasteiger partial charge in [0.25, 0.3) is 0 Å². The van der Waals surface area contributed by atoms with E-state index in [-0.39, 0.29) is 72.9 Å². The summed E-state index contributed by atoms with van der Waals surface area (Å²) in [7, 11) is 0. The van der Waals surface area contributed by atoms with Crippen LogP contribution in [0.3, 0.4) is 0 Å². The molecule has 2 heterocycles. The van der Waals surface area contributed by atoms with Gasteiger partial charge in [0.1, 0.15) is 13.2 Å². The summed E-state index contributed by atoms with van der Waals surface area (Å²) < 4.78 is 32.8. The standard InChI is InChI=1S/C58H110O7/c1-11-15-19-23-27-31-35-39-51(40-36-32-28-24-20-16-12-2)55(59)61-43-53-47(7)45(5)49(9)57(63-53)65-58-50(10)46(6)48(8)54(64-58)44-62-56(60)52(41-37-33-29-25-21-17-13-3)42-38-34-30-26-22-18-14-4/h45-54,57-58H,11-44H2,1-10H3/t45-,46-,47-,48-,49?,50?,53?,54?,57+,58+/m0/s1. The van der Waals surface area contributed by atoms with Crippen molar-refractivity contribution < 1.29 is 33.3 Å². The molecule has 2 aliphatic rings. The zero-order chi connectivity index (χ0) is 47.7. The lowest BCUT2D eigenvalue weighted by molar-refractivity contribution is -0.344. The monoisotopic (exact) mass is 919 g/mol. The Kier molecular flexibility index (Phi) is 34.7. The molecular weight excluding hydrogens is 809 g/mol. The smallest absolute Gasteiger partial charge is 0.309 e. The van der Waals surface area contributed by atoms with E-state index in [1.54, 1.807) is 0 Å². The summed E-state index contributed by atoms with van der Waals surface area (Å²) in [4.78, 5) is 27.6. The number of unbranched alkanes of at least 4 members (excludes halogenated alkanes) is 24. The largest absolute Gasteiger partial charge is 0.463 e. The third-order valence-electron chi connectivity index (χ3n) is 16.3. The van der Waals surface area contributed by atoms with Gasteiger partial charge < -0.3 is 23.7 Å². The molecule has 65 heavy (non-hydrogen) atoms. The van der Waals surface area contributed by atoms with Crippen LogP contribution in [0, 0.1) is 47.3 Å². The van der Waals surface area contributed by atoms with Gasteiger partial charge in [0.15, 0.2) is 12.6 Å². The highest BCUT2D eigenvalue weighted by atomic mass is 16.8. The van der Waals surface area contributed by atoms with Crippen molar-refractivity contribution in [2.75, 3.05) is 13.2 Å². The Morgan fingerprint density at radius 3 is 0.862 bits per heavy atom. The van der Waals surface area contributed by atoms with Crippen molar-refractivity contribution in [3.8, 4) is 0 Å². The van der Waals surface area contributed by atoms with Gasteiger partial charge >= 0.3 is 11.9 Å². The van der Waals surface area contributed by atoms with E-state index >= 15 is 0 Å². The van der Waals surface area contributed by atoms with Crippen LogP contribution in [0.15, 0.2) is 0 Å². The Balaban J connectivity index is 2.02. The quantitative estimate of drug-likeness (QED) is 0.0447. The molecule has 4 unspecified atom stereocenters. The molecule has 0 amide bonds. The fourth-order valence-corrected chi connectivity index (χ4v) is 10.5. The Morgan fingerprint density at radius 1 is 0.354 bits per heavy atom. The maximum absolute atomic E-state index is 13.8. The maximum atomic E-state index is 13.8. The van der Waals surface area contributed by atoms with Gasteiger partial charge in [-0.3, -0.25) is 9.59 Å². The van der Waals surface area contributed by atoms with Gasteiger partial charge in [0.05, 0.1) is 24.0 Å². The summed E-state index contributed by atoms with van der Waals surface area (Å²) in [5, 5.41) is 0. The zero-order valence-electron chi connectivity index (χ0n) is 44.8. The summed E-state index contributed by atoms with van der Waals surface area (Å²) in [6, 6.07) is 0. The number of hydrogen-bond acceptors (Lipinski definition) is 7. The predicted octanol–water partition coefficient (Wildman–Crippen LogP) is 17.2. The number of ether oxygens (including phenoxy) is 5. The average Bonchev–Trinajstić information content (AvgIpc) is 3.30. The van der Waals surface area contributed by atoms with E-state index < -0.39 is 12.6 Å². The van der Waals surface area contributed by atoms with Crippen LogP contribution in [-0.2, 0) is 33.3 Å². The van der Waals surface area contributed by atoms with Crippen molar-refractivity contribution >= 4 is 11.9 Å². The molecule has 0 aromatic carbocycles. The summed E-state index contributed by atoms with van der Waals surface area (Å²) in [5.74, 6) is 1.17. The summed E-state index contributed by atoms with van der Waals surface area (Å²) in [6.45, 7) is 23.0. The highest BCUT2D eigenvalue weighted by molar-refractivity contribution is 5.72. The van der Waals surface area contributed by atoms with Crippen molar-refractivity contribution in [3.05, 3.63) is 0 Å². The average molecular weight is 920 g/mol. The fourth-order valence-electron chi connectivity index (χ4n) is 10.5. The Bertz CT molecular complexity index is 1020. The second kappa shape index (κ2) is 37.7. The van der Waals surface area contributed by atoms with E-state index in [9.17, 15) is 9.59 Å². The number of carbonyl (C=O) groups is 2. The topological polar surface area (TPSA) is 80.3 Å². The molecule has 0 aromatic heterocycles. The second-order valence-electron chi connectivity index (χ2n) is 21.7. The van der Waals surface area contributed by atoms with Crippen LogP contribution < -0.4 is 0 Å². The van der Waals surface area contributed by atoms with Crippen molar-refractivity contribution in [2.24, 2.45) is 47.3 Å². The molecule has 7 nitrogen and oxygen atoms in total. The lowest BCUT2D eigenvalue weighted by Crippen LogP contribution is -2.53. The van der Waals surface area contributed by atoms with Crippen LogP contribution >= 0.6 is 0 Å². The van der Waals surface area contributed by atoms with Crippen LogP contribution in [0.25, 0.3) is 0 Å². The van der Waals surface area contributed by atoms with E-state index in [2.05, 4.69) is 69.2 Å². The van der Waals surface area contributed by atoms with Gasteiger partial charge in [-0.1, -0.05) is 249 Å². The molecule has 10 atom stereocenters. The predicted molar refractivity (Wildman–Crippen MR) is 273 cm³/mol. The molecule has 0 bridgehead atoms. The normalized spacial score (nSPS) is 26.0. The van der Waals surface area contributed by atoms with Crippen molar-refractivity contribution in [1.29, 1.82) is 0 Å². The van der Waals surface area contributed by atoms with Crippen LogP contribution in [0.5, 0.6) is 0 Å². The first kappa shape index (κ1) is 59.9. The number of carbonyl (C=O) groups excluding carboxylic acids is 2. The van der Waals surface area contributed by atoms with Gasteiger partial charge in [-0.15, -0.1) is 0 Å².